The summed E-state index contributed by atoms with van der Waals surface area (Å²) >= 11 is 0. The van der Waals surface area contributed by atoms with Crippen molar-refractivity contribution in [2.24, 2.45) is 5.92 Å². The van der Waals surface area contributed by atoms with Crippen molar-refractivity contribution in [3.05, 3.63) is 83.9 Å². The molecule has 0 aromatic heterocycles. The van der Waals surface area contributed by atoms with Gasteiger partial charge in [0, 0.05) is 6.42 Å². The molecule has 0 N–H and O–H groups in total. The van der Waals surface area contributed by atoms with Crippen LogP contribution >= 0.6 is 0 Å². The number of hydrogen-bond donors (Lipinski definition) is 0. The van der Waals surface area contributed by atoms with Crippen molar-refractivity contribution in [1.29, 1.82) is 0 Å². The van der Waals surface area contributed by atoms with Gasteiger partial charge in [0.25, 0.3) is 0 Å². The van der Waals surface area contributed by atoms with Crippen molar-refractivity contribution >= 4 is 5.57 Å². The van der Waals surface area contributed by atoms with E-state index in [1.54, 1.807) is 12.2 Å². The summed E-state index contributed by atoms with van der Waals surface area (Å²) in [5.41, 5.74) is 2.68. The molecule has 2 atom stereocenters. The van der Waals surface area contributed by atoms with Crippen LogP contribution in [0.5, 0.6) is 5.75 Å². The van der Waals surface area contributed by atoms with E-state index in [1.807, 2.05) is 6.08 Å². The number of benzene rings is 1. The first-order valence-electron chi connectivity index (χ1n) is 12.9. The van der Waals surface area contributed by atoms with Crippen LogP contribution in [-0.2, 0) is 9.47 Å². The van der Waals surface area contributed by atoms with E-state index in [0.29, 0.717) is 22.6 Å². The van der Waals surface area contributed by atoms with E-state index in [1.165, 1.54) is 30.9 Å². The summed E-state index contributed by atoms with van der Waals surface area (Å²) in [5, 5.41) is 0. The van der Waals surface area contributed by atoms with Crippen LogP contribution in [0.3, 0.4) is 0 Å². The lowest BCUT2D eigenvalue weighted by molar-refractivity contribution is -0.200. The van der Waals surface area contributed by atoms with E-state index >= 15 is 0 Å². The molecule has 1 heterocycles. The lowest BCUT2D eigenvalue weighted by atomic mass is 9.89. The van der Waals surface area contributed by atoms with E-state index in [4.69, 9.17) is 9.47 Å². The van der Waals surface area contributed by atoms with Gasteiger partial charge in [-0.2, -0.15) is 8.78 Å². The summed E-state index contributed by atoms with van der Waals surface area (Å²) in [7, 11) is 0. The molecule has 1 aliphatic carbocycles. The minimum absolute atomic E-state index is 0.199. The molecule has 0 bridgehead atoms. The van der Waals surface area contributed by atoms with Gasteiger partial charge in [0.15, 0.2) is 11.6 Å². The average molecular weight is 539 g/mol. The van der Waals surface area contributed by atoms with Gasteiger partial charge in [0.2, 0.25) is 6.43 Å². The zero-order chi connectivity index (χ0) is 27.7. The van der Waals surface area contributed by atoms with Crippen molar-refractivity contribution < 1.29 is 36.2 Å². The molecule has 8 heteroatoms. The van der Waals surface area contributed by atoms with E-state index in [0.717, 1.165) is 43.8 Å². The molecule has 1 aliphatic heterocycles. The molecule has 0 spiro atoms. The maximum atomic E-state index is 14.2. The molecule has 0 saturated carbocycles. The first kappa shape index (κ1) is 29.7. The van der Waals surface area contributed by atoms with Gasteiger partial charge in [-0.3, -0.25) is 0 Å². The summed E-state index contributed by atoms with van der Waals surface area (Å²) in [6, 6.07) is 3.23. The van der Waals surface area contributed by atoms with Crippen molar-refractivity contribution in [2.45, 2.75) is 70.5 Å². The highest BCUT2D eigenvalue weighted by atomic mass is 19.3. The first-order chi connectivity index (χ1) is 18.1. The summed E-state index contributed by atoms with van der Waals surface area (Å²) in [6.45, 7) is 11.1. The average Bonchev–Trinajstić information content (AvgIpc) is 2.87. The molecule has 1 saturated heterocycles. The Morgan fingerprint density at radius 1 is 1.16 bits per heavy atom. The summed E-state index contributed by atoms with van der Waals surface area (Å²) in [4.78, 5) is 0. The Hall–Kier alpha value is -2.87. The Morgan fingerprint density at radius 3 is 2.55 bits per heavy atom. The monoisotopic (exact) mass is 538 g/mol. The predicted octanol–water partition coefficient (Wildman–Crippen LogP) is 8.79. The number of halogens is 5. The molecule has 38 heavy (non-hydrogen) atoms. The molecule has 2 unspecified atom stereocenters. The largest absolute Gasteiger partial charge is 0.493 e. The quantitative estimate of drug-likeness (QED) is 0.186. The molecule has 1 fully saturated rings. The molecule has 3 nitrogen and oxygen atoms in total. The Labute approximate surface area is 221 Å². The number of rotatable bonds is 13. The Morgan fingerprint density at radius 2 is 1.95 bits per heavy atom. The van der Waals surface area contributed by atoms with Crippen LogP contribution < -0.4 is 4.74 Å². The summed E-state index contributed by atoms with van der Waals surface area (Å²) < 4.78 is 81.6. The van der Waals surface area contributed by atoms with Crippen LogP contribution in [0.2, 0.25) is 0 Å². The normalized spacial score (nSPS) is 20.3. The van der Waals surface area contributed by atoms with Crippen molar-refractivity contribution in [3.63, 3.8) is 0 Å². The van der Waals surface area contributed by atoms with Crippen LogP contribution in [0.25, 0.3) is 5.57 Å². The second kappa shape index (κ2) is 13.8. The van der Waals surface area contributed by atoms with Gasteiger partial charge in [0.05, 0.1) is 18.5 Å². The topological polar surface area (TPSA) is 27.7 Å². The number of alkyl halides is 4. The smallest absolute Gasteiger partial charge is 0.403 e. The van der Waals surface area contributed by atoms with E-state index in [9.17, 15) is 22.0 Å². The van der Waals surface area contributed by atoms with Crippen LogP contribution in [0.15, 0.2) is 72.6 Å². The third kappa shape index (κ3) is 9.15. The summed E-state index contributed by atoms with van der Waals surface area (Å²) in [5.74, 6) is -0.384. The Kier molecular flexibility index (Phi) is 10.8. The fourth-order valence-electron chi connectivity index (χ4n) is 4.47. The number of ether oxygens (including phenoxy) is 3. The lowest BCUT2D eigenvalue weighted by Crippen LogP contribution is -2.28. The maximum absolute atomic E-state index is 14.2. The standard InChI is InChI=1S/C30H35F5O3/c1-4-5-22-8-14-27(37-19-22)23-9-12-25(13-10-23)36-18-20(2)6-7-21(3)24-11-15-28(26(31)16-24)38-30(34,35)17-29(32)33/h6-7,9,11-12,15-16,22,27,29H,2-5,8,10,13-14,17-19H2,1H3/b7-6-. The fraction of sp³-hybridized carbons (Fsp3) is 0.467. The van der Waals surface area contributed by atoms with Gasteiger partial charge in [-0.1, -0.05) is 50.8 Å². The van der Waals surface area contributed by atoms with Gasteiger partial charge in [-0.05, 0) is 72.1 Å². The molecule has 0 radical (unpaired) electrons. The minimum Gasteiger partial charge on any atom is -0.493 e. The highest BCUT2D eigenvalue weighted by Gasteiger charge is 2.36. The van der Waals surface area contributed by atoms with Crippen LogP contribution in [0.4, 0.5) is 22.0 Å². The summed E-state index contributed by atoms with van der Waals surface area (Å²) in [6.07, 6.45) is 4.64. The lowest BCUT2D eigenvalue weighted by Gasteiger charge is -2.31. The SMILES string of the molecule is C=C(/C=C\C(=C)c1ccc(OC(F)(F)CC(F)F)c(F)c1)COC1=CC=C(C2CCC(CCC)CO2)CC1. The predicted molar refractivity (Wildman–Crippen MR) is 139 cm³/mol. The Balaban J connectivity index is 1.46. The van der Waals surface area contributed by atoms with E-state index in [-0.39, 0.29) is 12.7 Å². The fourth-order valence-corrected chi connectivity index (χ4v) is 4.47. The van der Waals surface area contributed by atoms with Crippen LogP contribution in [0, 0.1) is 11.7 Å². The van der Waals surface area contributed by atoms with Crippen molar-refractivity contribution in [2.75, 3.05) is 13.2 Å². The van der Waals surface area contributed by atoms with E-state index < -0.39 is 30.5 Å². The third-order valence-electron chi connectivity index (χ3n) is 6.54. The Bertz CT molecular complexity index is 1070. The van der Waals surface area contributed by atoms with Crippen LogP contribution in [0.1, 0.15) is 57.4 Å². The van der Waals surface area contributed by atoms with Crippen molar-refractivity contribution in [3.8, 4) is 5.75 Å². The third-order valence-corrected chi connectivity index (χ3v) is 6.54. The van der Waals surface area contributed by atoms with Gasteiger partial charge in [-0.15, -0.1) is 0 Å². The van der Waals surface area contributed by atoms with Crippen LogP contribution in [-0.4, -0.2) is 31.9 Å². The second-order valence-corrected chi connectivity index (χ2v) is 9.71. The molecule has 1 aromatic carbocycles. The zero-order valence-corrected chi connectivity index (χ0v) is 21.7. The molecule has 1 aromatic rings. The molecule has 3 rings (SSSR count). The molecular weight excluding hydrogens is 503 g/mol. The molecule has 208 valence electrons. The maximum Gasteiger partial charge on any atom is 0.403 e. The zero-order valence-electron chi connectivity index (χ0n) is 21.7. The first-order valence-corrected chi connectivity index (χ1v) is 12.9. The van der Waals surface area contributed by atoms with Gasteiger partial charge in [0.1, 0.15) is 13.0 Å². The van der Waals surface area contributed by atoms with Gasteiger partial charge >= 0.3 is 6.11 Å². The van der Waals surface area contributed by atoms with E-state index in [2.05, 4.69) is 30.9 Å². The highest BCUT2D eigenvalue weighted by Crippen LogP contribution is 2.32. The molecule has 2 aliphatic rings. The van der Waals surface area contributed by atoms with Gasteiger partial charge < -0.3 is 14.2 Å². The number of allylic oxidation sites excluding steroid dienone is 5. The minimum atomic E-state index is -4.18. The molecule has 0 amide bonds. The van der Waals surface area contributed by atoms with Crippen molar-refractivity contribution in [1.82, 2.24) is 0 Å². The number of hydrogen-bond acceptors (Lipinski definition) is 3. The molecular formula is C30H35F5O3. The van der Waals surface area contributed by atoms with Gasteiger partial charge in [-0.25, -0.2) is 13.2 Å². The second-order valence-electron chi connectivity index (χ2n) is 9.71. The highest BCUT2D eigenvalue weighted by molar-refractivity contribution is 5.73.